The number of carbonyl (C=O) groups is 2. The SMILES string of the molecule is O=C(O)C1CCN(C(=O)O)CC1c1ccc(I)cc1. The summed E-state index contributed by atoms with van der Waals surface area (Å²) in [5.74, 6) is -1.65. The Bertz CT molecular complexity index is 488. The summed E-state index contributed by atoms with van der Waals surface area (Å²) in [6.45, 7) is 0.528. The van der Waals surface area contributed by atoms with Gasteiger partial charge in [-0.25, -0.2) is 4.79 Å². The number of hydrogen-bond donors (Lipinski definition) is 2. The van der Waals surface area contributed by atoms with Crippen molar-refractivity contribution >= 4 is 34.7 Å². The zero-order chi connectivity index (χ0) is 14.0. The number of carboxylic acid groups (broad SMARTS) is 2. The van der Waals surface area contributed by atoms with Crippen LogP contribution in [0.3, 0.4) is 0 Å². The number of carboxylic acids is 1. The first kappa shape index (κ1) is 14.1. The molecule has 2 atom stereocenters. The predicted octanol–water partition coefficient (Wildman–Crippen LogP) is 2.46. The van der Waals surface area contributed by atoms with Crippen molar-refractivity contribution in [1.82, 2.24) is 4.90 Å². The fourth-order valence-electron chi connectivity index (χ4n) is 2.47. The number of halogens is 1. The lowest BCUT2D eigenvalue weighted by atomic mass is 9.81. The maximum atomic E-state index is 11.3. The smallest absolute Gasteiger partial charge is 0.407 e. The average Bonchev–Trinajstić information content (AvgIpc) is 2.38. The molecule has 1 aromatic carbocycles. The van der Waals surface area contributed by atoms with Crippen molar-refractivity contribution in [1.29, 1.82) is 0 Å². The van der Waals surface area contributed by atoms with Crippen molar-refractivity contribution in [2.75, 3.05) is 13.1 Å². The van der Waals surface area contributed by atoms with Crippen LogP contribution in [0.2, 0.25) is 0 Å². The Labute approximate surface area is 124 Å². The van der Waals surface area contributed by atoms with E-state index in [0.717, 1.165) is 9.13 Å². The predicted molar refractivity (Wildman–Crippen MR) is 77.2 cm³/mol. The lowest BCUT2D eigenvalue weighted by Gasteiger charge is -2.35. The molecule has 0 aliphatic carbocycles. The summed E-state index contributed by atoms with van der Waals surface area (Å²) in [6, 6.07) is 7.59. The highest BCUT2D eigenvalue weighted by molar-refractivity contribution is 14.1. The first-order valence-corrected chi connectivity index (χ1v) is 7.03. The van der Waals surface area contributed by atoms with Crippen molar-refractivity contribution in [3.05, 3.63) is 33.4 Å². The molecule has 2 unspecified atom stereocenters. The molecule has 0 radical (unpaired) electrons. The van der Waals surface area contributed by atoms with Gasteiger partial charge < -0.3 is 15.1 Å². The first-order valence-electron chi connectivity index (χ1n) is 5.95. The molecule has 0 spiro atoms. The number of amides is 1. The molecular weight excluding hydrogens is 361 g/mol. The van der Waals surface area contributed by atoms with Gasteiger partial charge in [0.05, 0.1) is 5.92 Å². The van der Waals surface area contributed by atoms with E-state index in [1.54, 1.807) is 0 Å². The van der Waals surface area contributed by atoms with Crippen molar-refractivity contribution in [3.63, 3.8) is 0 Å². The lowest BCUT2D eigenvalue weighted by molar-refractivity contribution is -0.144. The van der Waals surface area contributed by atoms with Gasteiger partial charge in [0.15, 0.2) is 0 Å². The van der Waals surface area contributed by atoms with E-state index >= 15 is 0 Å². The Hall–Kier alpha value is -1.31. The highest BCUT2D eigenvalue weighted by Crippen LogP contribution is 2.33. The zero-order valence-electron chi connectivity index (χ0n) is 10.1. The van der Waals surface area contributed by atoms with Crippen LogP contribution >= 0.6 is 22.6 Å². The van der Waals surface area contributed by atoms with Crippen LogP contribution in [0.15, 0.2) is 24.3 Å². The van der Waals surface area contributed by atoms with Crippen LogP contribution in [0.5, 0.6) is 0 Å². The van der Waals surface area contributed by atoms with Crippen LogP contribution in [0, 0.1) is 9.49 Å². The second-order valence-corrected chi connectivity index (χ2v) is 5.87. The van der Waals surface area contributed by atoms with Crippen LogP contribution in [-0.2, 0) is 4.79 Å². The second kappa shape index (κ2) is 5.77. The topological polar surface area (TPSA) is 77.8 Å². The van der Waals surface area contributed by atoms with E-state index in [4.69, 9.17) is 5.11 Å². The van der Waals surface area contributed by atoms with E-state index in [2.05, 4.69) is 22.6 Å². The van der Waals surface area contributed by atoms with E-state index < -0.39 is 18.0 Å². The molecule has 0 aromatic heterocycles. The van der Waals surface area contributed by atoms with E-state index in [0.29, 0.717) is 6.42 Å². The van der Waals surface area contributed by atoms with Gasteiger partial charge in [0, 0.05) is 22.6 Å². The molecule has 6 heteroatoms. The monoisotopic (exact) mass is 375 g/mol. The molecule has 1 amide bonds. The minimum absolute atomic E-state index is 0.243. The molecule has 19 heavy (non-hydrogen) atoms. The molecule has 0 bridgehead atoms. The maximum Gasteiger partial charge on any atom is 0.407 e. The normalized spacial score (nSPS) is 23.1. The fraction of sp³-hybridized carbons (Fsp3) is 0.385. The van der Waals surface area contributed by atoms with Crippen molar-refractivity contribution in [3.8, 4) is 0 Å². The average molecular weight is 375 g/mol. The number of likely N-dealkylation sites (tertiary alicyclic amines) is 1. The van der Waals surface area contributed by atoms with Gasteiger partial charge in [0.25, 0.3) is 0 Å². The summed E-state index contributed by atoms with van der Waals surface area (Å²) < 4.78 is 1.07. The van der Waals surface area contributed by atoms with Crippen molar-refractivity contribution in [2.45, 2.75) is 12.3 Å². The van der Waals surface area contributed by atoms with Crippen LogP contribution in [0.4, 0.5) is 4.79 Å². The Morgan fingerprint density at radius 2 is 1.84 bits per heavy atom. The van der Waals surface area contributed by atoms with E-state index in [1.807, 2.05) is 24.3 Å². The van der Waals surface area contributed by atoms with Gasteiger partial charge in [-0.1, -0.05) is 12.1 Å². The molecule has 1 aromatic rings. The molecule has 2 rings (SSSR count). The molecule has 0 saturated carbocycles. The summed E-state index contributed by atoms with van der Waals surface area (Å²) in [7, 11) is 0. The molecular formula is C13H14INO4. The number of piperidine rings is 1. The highest BCUT2D eigenvalue weighted by Gasteiger charge is 2.36. The quantitative estimate of drug-likeness (QED) is 0.779. The van der Waals surface area contributed by atoms with E-state index in [9.17, 15) is 14.7 Å². The molecule has 1 saturated heterocycles. The Morgan fingerprint density at radius 3 is 2.37 bits per heavy atom. The first-order chi connectivity index (χ1) is 8.99. The summed E-state index contributed by atoms with van der Waals surface area (Å²) in [5, 5.41) is 18.3. The summed E-state index contributed by atoms with van der Waals surface area (Å²) in [4.78, 5) is 23.6. The van der Waals surface area contributed by atoms with Crippen LogP contribution in [0.25, 0.3) is 0 Å². The second-order valence-electron chi connectivity index (χ2n) is 4.62. The number of aliphatic carboxylic acids is 1. The number of benzene rings is 1. The molecule has 5 nitrogen and oxygen atoms in total. The Balaban J connectivity index is 2.27. The van der Waals surface area contributed by atoms with Gasteiger partial charge in [0.1, 0.15) is 0 Å². The van der Waals surface area contributed by atoms with Crippen LogP contribution in [-0.4, -0.2) is 40.3 Å². The van der Waals surface area contributed by atoms with Crippen LogP contribution < -0.4 is 0 Å². The Morgan fingerprint density at radius 1 is 1.21 bits per heavy atom. The lowest BCUT2D eigenvalue weighted by Crippen LogP contribution is -2.44. The Kier molecular flexibility index (Phi) is 4.28. The summed E-state index contributed by atoms with van der Waals surface area (Å²) >= 11 is 2.18. The van der Waals surface area contributed by atoms with E-state index in [1.165, 1.54) is 4.90 Å². The molecule has 2 N–H and O–H groups in total. The third-order valence-electron chi connectivity index (χ3n) is 3.50. The fourth-order valence-corrected chi connectivity index (χ4v) is 2.83. The largest absolute Gasteiger partial charge is 0.481 e. The molecule has 1 fully saturated rings. The number of rotatable bonds is 2. The molecule has 1 aliphatic rings. The minimum atomic E-state index is -0.987. The van der Waals surface area contributed by atoms with Gasteiger partial charge in [-0.05, 0) is 46.7 Å². The van der Waals surface area contributed by atoms with Gasteiger partial charge in [-0.3, -0.25) is 4.79 Å². The van der Waals surface area contributed by atoms with E-state index in [-0.39, 0.29) is 19.0 Å². The van der Waals surface area contributed by atoms with Crippen molar-refractivity contribution < 1.29 is 19.8 Å². The molecule has 1 aliphatic heterocycles. The van der Waals surface area contributed by atoms with Gasteiger partial charge in [-0.15, -0.1) is 0 Å². The van der Waals surface area contributed by atoms with Crippen LogP contribution in [0.1, 0.15) is 17.9 Å². The summed E-state index contributed by atoms with van der Waals surface area (Å²) in [6.07, 6.45) is -0.627. The maximum absolute atomic E-state index is 11.3. The zero-order valence-corrected chi connectivity index (χ0v) is 12.3. The molecule has 102 valence electrons. The third kappa shape index (κ3) is 3.17. The van der Waals surface area contributed by atoms with Gasteiger partial charge in [-0.2, -0.15) is 0 Å². The third-order valence-corrected chi connectivity index (χ3v) is 4.22. The summed E-state index contributed by atoms with van der Waals surface area (Å²) in [5.41, 5.74) is 0.888. The minimum Gasteiger partial charge on any atom is -0.481 e. The van der Waals surface area contributed by atoms with Gasteiger partial charge >= 0.3 is 12.1 Å². The van der Waals surface area contributed by atoms with Gasteiger partial charge in [0.2, 0.25) is 0 Å². The molecule has 1 heterocycles. The number of nitrogens with zero attached hydrogens (tertiary/aromatic N) is 1. The standard InChI is InChI=1S/C13H14INO4/c14-9-3-1-8(2-4-9)11-7-15(13(18)19)6-5-10(11)12(16)17/h1-4,10-11H,5-7H2,(H,16,17)(H,18,19). The number of hydrogen-bond acceptors (Lipinski definition) is 2. The highest BCUT2D eigenvalue weighted by atomic mass is 127. The van der Waals surface area contributed by atoms with Crippen molar-refractivity contribution in [2.24, 2.45) is 5.92 Å².